The minimum atomic E-state index is -0.0400. The van der Waals surface area contributed by atoms with E-state index in [-0.39, 0.29) is 12.1 Å². The van der Waals surface area contributed by atoms with Crippen molar-refractivity contribution in [1.29, 1.82) is 0 Å². The lowest BCUT2D eigenvalue weighted by molar-refractivity contribution is -0.131. The van der Waals surface area contributed by atoms with E-state index in [2.05, 4.69) is 10.2 Å². The van der Waals surface area contributed by atoms with Crippen LogP contribution in [-0.2, 0) is 4.79 Å². The molecule has 0 spiro atoms. The van der Waals surface area contributed by atoms with Crippen molar-refractivity contribution in [2.75, 3.05) is 13.7 Å². The number of carbonyl (C=O) groups excluding carboxylic acids is 1. The average molecular weight is 274 g/mol. The third-order valence-electron chi connectivity index (χ3n) is 4.41. The Morgan fingerprint density at radius 3 is 2.70 bits per heavy atom. The lowest BCUT2D eigenvalue weighted by Gasteiger charge is -2.35. The second kappa shape index (κ2) is 5.83. The molecule has 1 aromatic rings. The van der Waals surface area contributed by atoms with E-state index in [9.17, 15) is 4.79 Å². The average Bonchev–Trinajstić information content (AvgIpc) is 2.89. The molecule has 3 rings (SSSR count). The van der Waals surface area contributed by atoms with Crippen LogP contribution in [0, 0.1) is 0 Å². The highest BCUT2D eigenvalue weighted by Gasteiger charge is 2.38. The van der Waals surface area contributed by atoms with Crippen LogP contribution in [0.2, 0.25) is 0 Å². The van der Waals surface area contributed by atoms with Gasteiger partial charge in [-0.1, -0.05) is 37.5 Å². The number of para-hydroxylation sites is 1. The van der Waals surface area contributed by atoms with Crippen LogP contribution in [0.3, 0.4) is 0 Å². The third kappa shape index (κ3) is 2.40. The van der Waals surface area contributed by atoms with Gasteiger partial charge in [-0.2, -0.15) is 0 Å². The molecule has 1 saturated carbocycles. The van der Waals surface area contributed by atoms with Gasteiger partial charge in [0.15, 0.2) is 0 Å². The Labute approximate surface area is 120 Å². The summed E-state index contributed by atoms with van der Waals surface area (Å²) in [5.41, 5.74) is 1.06. The molecule has 0 radical (unpaired) electrons. The van der Waals surface area contributed by atoms with Crippen LogP contribution in [0.4, 0.5) is 0 Å². The molecule has 1 atom stereocenters. The summed E-state index contributed by atoms with van der Waals surface area (Å²) in [5.74, 6) is 1.06. The van der Waals surface area contributed by atoms with Crippen molar-refractivity contribution >= 4 is 5.91 Å². The van der Waals surface area contributed by atoms with Gasteiger partial charge in [-0.15, -0.1) is 0 Å². The molecule has 1 aliphatic heterocycles. The molecule has 1 heterocycles. The molecular formula is C16H22N2O2. The second-order valence-electron chi connectivity index (χ2n) is 5.62. The Morgan fingerprint density at radius 2 is 1.95 bits per heavy atom. The highest BCUT2D eigenvalue weighted by molar-refractivity contribution is 5.81. The summed E-state index contributed by atoms with van der Waals surface area (Å²) in [6.45, 7) is 0.430. The second-order valence-corrected chi connectivity index (χ2v) is 5.62. The van der Waals surface area contributed by atoms with E-state index in [1.165, 1.54) is 19.3 Å². The van der Waals surface area contributed by atoms with Gasteiger partial charge in [-0.3, -0.25) is 10.1 Å². The zero-order valence-corrected chi connectivity index (χ0v) is 12.0. The fourth-order valence-electron chi connectivity index (χ4n) is 3.44. The van der Waals surface area contributed by atoms with Crippen molar-refractivity contribution in [2.45, 2.75) is 44.3 Å². The summed E-state index contributed by atoms with van der Waals surface area (Å²) in [7, 11) is 1.68. The quantitative estimate of drug-likeness (QED) is 0.920. The maximum absolute atomic E-state index is 12.3. The van der Waals surface area contributed by atoms with Crippen LogP contribution in [0.1, 0.15) is 43.8 Å². The summed E-state index contributed by atoms with van der Waals surface area (Å²) >= 11 is 0. The monoisotopic (exact) mass is 274 g/mol. The number of nitrogens with one attached hydrogen (secondary N) is 1. The van der Waals surface area contributed by atoms with Gasteiger partial charge < -0.3 is 9.64 Å². The van der Waals surface area contributed by atoms with Crippen molar-refractivity contribution in [1.82, 2.24) is 10.2 Å². The number of rotatable bonds is 3. The van der Waals surface area contributed by atoms with Gasteiger partial charge in [0.2, 0.25) is 5.91 Å². The van der Waals surface area contributed by atoms with E-state index in [0.29, 0.717) is 12.6 Å². The SMILES string of the molecule is COc1ccccc1C1NCC(=O)N1C1CCCCC1. The van der Waals surface area contributed by atoms with Gasteiger partial charge in [-0.25, -0.2) is 0 Å². The molecule has 2 fully saturated rings. The number of nitrogens with zero attached hydrogens (tertiary/aromatic N) is 1. The zero-order chi connectivity index (χ0) is 13.9. The number of methoxy groups -OCH3 is 1. The van der Waals surface area contributed by atoms with Gasteiger partial charge in [0, 0.05) is 11.6 Å². The summed E-state index contributed by atoms with van der Waals surface area (Å²) in [6, 6.07) is 8.34. The van der Waals surface area contributed by atoms with Crippen LogP contribution in [0.15, 0.2) is 24.3 Å². The van der Waals surface area contributed by atoms with Crippen LogP contribution < -0.4 is 10.1 Å². The van der Waals surface area contributed by atoms with Crippen LogP contribution >= 0.6 is 0 Å². The van der Waals surface area contributed by atoms with Gasteiger partial charge in [0.05, 0.1) is 13.7 Å². The zero-order valence-electron chi connectivity index (χ0n) is 12.0. The molecule has 4 nitrogen and oxygen atoms in total. The maximum atomic E-state index is 12.3. The van der Waals surface area contributed by atoms with Crippen LogP contribution in [0.5, 0.6) is 5.75 Å². The largest absolute Gasteiger partial charge is 0.496 e. The third-order valence-corrected chi connectivity index (χ3v) is 4.41. The molecule has 2 aliphatic rings. The summed E-state index contributed by atoms with van der Waals surface area (Å²) < 4.78 is 5.45. The van der Waals surface area contributed by atoms with Crippen molar-refractivity contribution in [2.24, 2.45) is 0 Å². The molecular weight excluding hydrogens is 252 g/mol. The topological polar surface area (TPSA) is 41.6 Å². The number of benzene rings is 1. The number of hydrogen-bond donors (Lipinski definition) is 1. The number of hydrogen-bond acceptors (Lipinski definition) is 3. The Hall–Kier alpha value is -1.55. The first-order valence-electron chi connectivity index (χ1n) is 7.48. The first-order valence-corrected chi connectivity index (χ1v) is 7.48. The van der Waals surface area contributed by atoms with Gasteiger partial charge in [0.25, 0.3) is 0 Å². The number of carbonyl (C=O) groups is 1. The maximum Gasteiger partial charge on any atom is 0.238 e. The minimum absolute atomic E-state index is 0.0400. The van der Waals surface area contributed by atoms with Gasteiger partial charge >= 0.3 is 0 Å². The van der Waals surface area contributed by atoms with Crippen molar-refractivity contribution in [3.05, 3.63) is 29.8 Å². The van der Waals surface area contributed by atoms with E-state index in [0.717, 1.165) is 24.2 Å². The highest BCUT2D eigenvalue weighted by Crippen LogP contribution is 2.35. The van der Waals surface area contributed by atoms with E-state index in [1.807, 2.05) is 24.3 Å². The number of ether oxygens (including phenoxy) is 1. The Morgan fingerprint density at radius 1 is 1.20 bits per heavy atom. The first kappa shape index (κ1) is 13.4. The van der Waals surface area contributed by atoms with E-state index < -0.39 is 0 Å². The van der Waals surface area contributed by atoms with E-state index >= 15 is 0 Å². The molecule has 0 aromatic heterocycles. The molecule has 108 valence electrons. The Balaban J connectivity index is 1.89. The molecule has 0 bridgehead atoms. The summed E-state index contributed by atoms with van der Waals surface area (Å²) in [4.78, 5) is 14.3. The highest BCUT2D eigenvalue weighted by atomic mass is 16.5. The normalized spacial score (nSPS) is 24.1. The molecule has 4 heteroatoms. The van der Waals surface area contributed by atoms with Gasteiger partial charge in [0.1, 0.15) is 11.9 Å². The molecule has 1 N–H and O–H groups in total. The van der Waals surface area contributed by atoms with Crippen LogP contribution in [0.25, 0.3) is 0 Å². The lowest BCUT2D eigenvalue weighted by atomic mass is 9.93. The van der Waals surface area contributed by atoms with Crippen molar-refractivity contribution in [3.8, 4) is 5.75 Å². The minimum Gasteiger partial charge on any atom is -0.496 e. The fourth-order valence-corrected chi connectivity index (χ4v) is 3.44. The van der Waals surface area contributed by atoms with Crippen molar-refractivity contribution in [3.63, 3.8) is 0 Å². The van der Waals surface area contributed by atoms with Gasteiger partial charge in [-0.05, 0) is 18.9 Å². The molecule has 1 unspecified atom stereocenters. The molecule has 1 saturated heterocycles. The first-order chi connectivity index (χ1) is 9.81. The summed E-state index contributed by atoms with van der Waals surface area (Å²) in [6.07, 6.45) is 5.96. The predicted octanol–water partition coefficient (Wildman–Crippen LogP) is 2.46. The molecule has 1 amide bonds. The predicted molar refractivity (Wildman–Crippen MR) is 77.5 cm³/mol. The molecule has 20 heavy (non-hydrogen) atoms. The van der Waals surface area contributed by atoms with Crippen LogP contribution in [-0.4, -0.2) is 30.5 Å². The van der Waals surface area contributed by atoms with E-state index in [4.69, 9.17) is 4.74 Å². The smallest absolute Gasteiger partial charge is 0.238 e. The standard InChI is InChI=1S/C16H22N2O2/c1-20-14-10-6-5-9-13(14)16-17-11-15(19)18(16)12-7-3-2-4-8-12/h5-6,9-10,12,16-17H,2-4,7-8,11H2,1H3. The number of amides is 1. The Kier molecular flexibility index (Phi) is 3.92. The molecule has 1 aromatic carbocycles. The van der Waals surface area contributed by atoms with Crippen molar-refractivity contribution < 1.29 is 9.53 Å². The fraction of sp³-hybridized carbons (Fsp3) is 0.562. The molecule has 1 aliphatic carbocycles. The Bertz CT molecular complexity index is 483. The van der Waals surface area contributed by atoms with E-state index in [1.54, 1.807) is 7.11 Å². The summed E-state index contributed by atoms with van der Waals surface area (Å²) in [5, 5.41) is 3.34. The lowest BCUT2D eigenvalue weighted by Crippen LogP contribution is -2.40.